The van der Waals surface area contributed by atoms with E-state index in [4.69, 9.17) is 36.7 Å². The third-order valence-electron chi connectivity index (χ3n) is 5.02. The first kappa shape index (κ1) is 28.1. The maximum atomic E-state index is 5.77. The lowest BCUT2D eigenvalue weighted by atomic mass is 10.4. The molecule has 2 heterocycles. The van der Waals surface area contributed by atoms with E-state index in [1.165, 1.54) is 0 Å². The molecule has 0 amide bonds. The van der Waals surface area contributed by atoms with Crippen molar-refractivity contribution < 1.29 is 36.7 Å². The molecule has 0 saturated carbocycles. The summed E-state index contributed by atoms with van der Waals surface area (Å²) in [4.78, 5) is 0. The molecule has 0 aliphatic carbocycles. The molecule has 30 heavy (non-hydrogen) atoms. The Morgan fingerprint density at radius 2 is 1.43 bits per heavy atom. The van der Waals surface area contributed by atoms with Crippen LogP contribution in [0.3, 0.4) is 0 Å². The Labute approximate surface area is 185 Å². The second-order valence-electron chi connectivity index (χ2n) is 7.98. The number of epoxide rings is 2. The van der Waals surface area contributed by atoms with Gasteiger partial charge in [-0.05, 0) is 46.3 Å². The summed E-state index contributed by atoms with van der Waals surface area (Å²) in [5, 5.41) is 0. The second-order valence-corrected chi connectivity index (χ2v) is 14.8. The average molecular weight is 469 g/mol. The van der Waals surface area contributed by atoms with E-state index in [2.05, 4.69) is 20.0 Å². The lowest BCUT2D eigenvalue weighted by Crippen LogP contribution is -2.42. The fraction of sp³-hybridized carbons (Fsp3) is 1.00. The normalized spacial score (nSPS) is 21.7. The van der Waals surface area contributed by atoms with Gasteiger partial charge in [0.2, 0.25) is 0 Å². The number of rotatable bonds is 17. The Kier molecular flexibility index (Phi) is 14.1. The molecule has 0 aromatic heterocycles. The van der Waals surface area contributed by atoms with Crippen molar-refractivity contribution in [1.29, 1.82) is 0 Å². The lowest BCUT2D eigenvalue weighted by Gasteiger charge is -2.28. The summed E-state index contributed by atoms with van der Waals surface area (Å²) in [6, 6.07) is 1.85. The van der Waals surface area contributed by atoms with Gasteiger partial charge < -0.3 is 36.7 Å². The molecular formula is C20H44O8Si2. The van der Waals surface area contributed by atoms with Crippen molar-refractivity contribution in [1.82, 2.24) is 0 Å². The Morgan fingerprint density at radius 3 is 1.90 bits per heavy atom. The highest BCUT2D eigenvalue weighted by molar-refractivity contribution is 6.66. The number of ether oxygens (including phenoxy) is 4. The first-order valence-corrected chi connectivity index (χ1v) is 16.1. The van der Waals surface area contributed by atoms with Crippen molar-refractivity contribution in [3.8, 4) is 0 Å². The third-order valence-corrected chi connectivity index (χ3v) is 11.1. The Bertz CT molecular complexity index is 425. The topological polar surface area (TPSA) is 80.4 Å². The van der Waals surface area contributed by atoms with Gasteiger partial charge in [0, 0.05) is 40.1 Å². The van der Waals surface area contributed by atoms with Crippen LogP contribution in [0.25, 0.3) is 0 Å². The molecule has 0 aromatic carbocycles. The maximum Gasteiger partial charge on any atom is 0.337 e. The summed E-state index contributed by atoms with van der Waals surface area (Å²) >= 11 is 0. The van der Waals surface area contributed by atoms with E-state index in [0.29, 0.717) is 32.0 Å². The summed E-state index contributed by atoms with van der Waals surface area (Å²) in [5.74, 6) is 0. The van der Waals surface area contributed by atoms with Gasteiger partial charge in [0.15, 0.2) is 0 Å². The second kappa shape index (κ2) is 15.0. The molecule has 0 bridgehead atoms. The van der Waals surface area contributed by atoms with E-state index >= 15 is 0 Å². The Hall–Kier alpha value is 0.114. The van der Waals surface area contributed by atoms with Crippen molar-refractivity contribution in [2.45, 2.75) is 70.7 Å². The molecule has 0 spiro atoms. The van der Waals surface area contributed by atoms with Gasteiger partial charge in [-0.2, -0.15) is 0 Å². The Balaban J connectivity index is 0.000000303. The van der Waals surface area contributed by atoms with E-state index in [-0.39, 0.29) is 6.10 Å². The lowest BCUT2D eigenvalue weighted by molar-refractivity contribution is 0.0559. The molecule has 2 rings (SSSR count). The zero-order valence-electron chi connectivity index (χ0n) is 20.1. The van der Waals surface area contributed by atoms with Crippen molar-refractivity contribution >= 4 is 17.1 Å². The quantitative estimate of drug-likeness (QED) is 0.183. The monoisotopic (exact) mass is 468 g/mol. The largest absolute Gasteiger partial charge is 0.398 e. The first-order chi connectivity index (χ1) is 14.3. The standard InChI is InChI=1S/C11H24O4Si.C9H20O4Si/c1-5-14-16(4,15-6-2)9-10(3)12-7-11-8-13-11;1-10-14(3,11-2)6-4-5-12-7-9-8-13-9/h10-11H,5-9H2,1-4H3;9H,4-8H2,1-3H3. The van der Waals surface area contributed by atoms with Gasteiger partial charge in [0.1, 0.15) is 12.2 Å². The van der Waals surface area contributed by atoms with Crippen molar-refractivity contribution in [3.05, 3.63) is 0 Å². The van der Waals surface area contributed by atoms with Crippen LogP contribution in [0.2, 0.25) is 25.2 Å². The third kappa shape index (κ3) is 13.5. The SMILES string of the molecule is CCO[Si](C)(CC(C)OCC1CO1)OCC.CO[Si](C)(CCCOCC1CO1)OC. The maximum absolute atomic E-state index is 5.77. The van der Waals surface area contributed by atoms with Crippen LogP contribution in [0.5, 0.6) is 0 Å². The van der Waals surface area contributed by atoms with Gasteiger partial charge in [-0.3, -0.25) is 0 Å². The minimum Gasteiger partial charge on any atom is -0.398 e. The van der Waals surface area contributed by atoms with E-state index < -0.39 is 17.1 Å². The van der Waals surface area contributed by atoms with Gasteiger partial charge >= 0.3 is 17.1 Å². The highest BCUT2D eigenvalue weighted by Crippen LogP contribution is 2.19. The molecule has 3 atom stereocenters. The van der Waals surface area contributed by atoms with Crippen molar-refractivity contribution in [2.24, 2.45) is 0 Å². The molecule has 0 N–H and O–H groups in total. The van der Waals surface area contributed by atoms with Crippen LogP contribution in [0.15, 0.2) is 0 Å². The van der Waals surface area contributed by atoms with E-state index in [1.807, 2.05) is 13.8 Å². The molecule has 0 radical (unpaired) electrons. The first-order valence-electron chi connectivity index (χ1n) is 11.1. The van der Waals surface area contributed by atoms with E-state index in [1.54, 1.807) is 14.2 Å². The van der Waals surface area contributed by atoms with Crippen LogP contribution in [0, 0.1) is 0 Å². The average Bonchev–Trinajstić information content (AvgIpc) is 3.62. The zero-order valence-corrected chi connectivity index (χ0v) is 22.1. The van der Waals surface area contributed by atoms with E-state index in [9.17, 15) is 0 Å². The molecule has 3 unspecified atom stereocenters. The van der Waals surface area contributed by atoms with Crippen LogP contribution < -0.4 is 0 Å². The van der Waals surface area contributed by atoms with E-state index in [0.717, 1.165) is 44.9 Å². The van der Waals surface area contributed by atoms with Gasteiger partial charge in [0.25, 0.3) is 0 Å². The highest BCUT2D eigenvalue weighted by Gasteiger charge is 2.34. The summed E-state index contributed by atoms with van der Waals surface area (Å²) in [6.07, 6.45) is 1.87. The number of hydrogen-bond acceptors (Lipinski definition) is 8. The zero-order chi connectivity index (χ0) is 22.5. The number of hydrogen-bond donors (Lipinski definition) is 0. The molecule has 2 aliphatic rings. The smallest absolute Gasteiger partial charge is 0.337 e. The molecule has 2 aliphatic heterocycles. The van der Waals surface area contributed by atoms with Crippen molar-refractivity contribution in [3.63, 3.8) is 0 Å². The molecule has 180 valence electrons. The van der Waals surface area contributed by atoms with Crippen LogP contribution in [0.1, 0.15) is 27.2 Å². The molecule has 2 fully saturated rings. The minimum absolute atomic E-state index is 0.180. The van der Waals surface area contributed by atoms with Gasteiger partial charge in [-0.1, -0.05) is 0 Å². The van der Waals surface area contributed by atoms with Gasteiger partial charge in [0.05, 0.1) is 32.5 Å². The van der Waals surface area contributed by atoms with Crippen molar-refractivity contribution in [2.75, 3.05) is 60.5 Å². The van der Waals surface area contributed by atoms with Crippen LogP contribution in [-0.4, -0.2) is 95.9 Å². The van der Waals surface area contributed by atoms with Crippen LogP contribution in [-0.2, 0) is 36.7 Å². The molecule has 2 saturated heterocycles. The minimum atomic E-state index is -2.03. The highest BCUT2D eigenvalue weighted by atomic mass is 28.4. The fourth-order valence-electron chi connectivity index (χ4n) is 2.95. The molecule has 8 nitrogen and oxygen atoms in total. The summed E-state index contributed by atoms with van der Waals surface area (Å²) in [7, 11) is -0.466. The molecule has 10 heteroatoms. The Morgan fingerprint density at radius 1 is 0.900 bits per heavy atom. The molecular weight excluding hydrogens is 424 g/mol. The van der Waals surface area contributed by atoms with Crippen LogP contribution in [0.4, 0.5) is 0 Å². The predicted octanol–water partition coefficient (Wildman–Crippen LogP) is 3.09. The summed E-state index contributed by atoms with van der Waals surface area (Å²) in [5.41, 5.74) is 0. The predicted molar refractivity (Wildman–Crippen MR) is 120 cm³/mol. The van der Waals surface area contributed by atoms with Crippen LogP contribution >= 0.6 is 0 Å². The summed E-state index contributed by atoms with van der Waals surface area (Å²) in [6.45, 7) is 15.6. The fourth-order valence-corrected chi connectivity index (χ4v) is 7.01. The molecule has 0 aromatic rings. The van der Waals surface area contributed by atoms with Gasteiger partial charge in [-0.25, -0.2) is 0 Å². The summed E-state index contributed by atoms with van der Waals surface area (Å²) < 4.78 is 43.5. The van der Waals surface area contributed by atoms with Gasteiger partial charge in [-0.15, -0.1) is 0 Å².